The normalized spacial score (nSPS) is 20.9. The zero-order valence-corrected chi connectivity index (χ0v) is 45.0. The summed E-state index contributed by atoms with van der Waals surface area (Å²) in [5, 5.41) is 28.1. The first kappa shape index (κ1) is 55.4. The Morgan fingerprint density at radius 1 is 0.582 bits per heavy atom. The second-order valence-corrected chi connectivity index (χ2v) is 24.6. The smallest absolute Gasteiger partial charge is 0.257 e. The number of para-hydroxylation sites is 2. The van der Waals surface area contributed by atoms with Crippen molar-refractivity contribution < 1.29 is 45.9 Å². The molecule has 0 aromatic heterocycles. The van der Waals surface area contributed by atoms with Crippen molar-refractivity contribution in [2.45, 2.75) is 61.1 Å². The lowest BCUT2D eigenvalue weighted by molar-refractivity contribution is -0.122. The van der Waals surface area contributed by atoms with Gasteiger partial charge in [-0.1, -0.05) is 86.6 Å². The van der Waals surface area contributed by atoms with Crippen molar-refractivity contribution in [2.24, 2.45) is 0 Å². The van der Waals surface area contributed by atoms with E-state index in [9.17, 15) is 60.3 Å². The minimum absolute atomic E-state index is 0.0278. The van der Waals surface area contributed by atoms with Gasteiger partial charge in [-0.05, 0) is 61.1 Å². The summed E-state index contributed by atoms with van der Waals surface area (Å²) in [6.07, 6.45) is 1.47. The van der Waals surface area contributed by atoms with E-state index in [1.807, 2.05) is 74.5 Å². The summed E-state index contributed by atoms with van der Waals surface area (Å²) < 4.78 is 53.4. The van der Waals surface area contributed by atoms with Crippen LogP contribution < -0.4 is 58.4 Å². The van der Waals surface area contributed by atoms with Crippen molar-refractivity contribution in [1.29, 1.82) is 0 Å². The number of sulfone groups is 2. The van der Waals surface area contributed by atoms with Gasteiger partial charge >= 0.3 is 0 Å². The van der Waals surface area contributed by atoms with Crippen LogP contribution in [0, 0.1) is 0 Å². The molecule has 4 amide bonds. The molecule has 24 heteroatoms. The topological polar surface area (TPSA) is 313 Å². The Balaban J connectivity index is 0.000000192. The third-order valence-electron chi connectivity index (χ3n) is 15.3. The maximum Gasteiger partial charge on any atom is 0.257 e. The molecule has 0 bridgehead atoms. The second-order valence-electron chi connectivity index (χ2n) is 19.8. The van der Waals surface area contributed by atoms with Gasteiger partial charge in [-0.15, -0.1) is 0 Å². The minimum Gasteiger partial charge on any atom is -0.505 e. The van der Waals surface area contributed by atoms with E-state index in [1.165, 1.54) is 41.2 Å². The van der Waals surface area contributed by atoms with Crippen molar-refractivity contribution in [3.8, 4) is 11.5 Å². The molecule has 22 nitrogen and oxygen atoms in total. The zero-order valence-electron chi connectivity index (χ0n) is 43.3. The van der Waals surface area contributed by atoms with Gasteiger partial charge in [0, 0.05) is 39.3 Å². The number of phenols is 1. The average molecular weight is 1120 g/mol. The Kier molecular flexibility index (Phi) is 15.3. The molecule has 6 aromatic rings. The highest BCUT2D eigenvalue weighted by Crippen LogP contribution is 2.39. The Morgan fingerprint density at radius 3 is 1.41 bits per heavy atom. The van der Waals surface area contributed by atoms with Crippen LogP contribution in [-0.4, -0.2) is 123 Å². The molecule has 7 N–H and O–H groups in total. The van der Waals surface area contributed by atoms with E-state index >= 15 is 0 Å². The van der Waals surface area contributed by atoms with Gasteiger partial charge in [-0.25, -0.2) is 16.8 Å². The number of phenolic OH excluding ortho intramolecular Hbond substituents is 1. The number of carbonyl (C=O) groups is 4. The van der Waals surface area contributed by atoms with Crippen LogP contribution in [0.1, 0.15) is 83.5 Å². The zero-order chi connectivity index (χ0) is 56.6. The molecule has 10 rings (SSSR count). The molecule has 2 spiro atoms. The number of aromatic hydroxyl groups is 1. The number of hydrogen-bond donors (Lipinski definition) is 7. The van der Waals surface area contributed by atoms with Crippen LogP contribution in [0.15, 0.2) is 116 Å². The van der Waals surface area contributed by atoms with E-state index in [4.69, 9.17) is 4.74 Å². The predicted octanol–water partition coefficient (Wildman–Crippen LogP) is 3.15. The molecule has 0 radical (unpaired) electrons. The van der Waals surface area contributed by atoms with Crippen LogP contribution in [0.4, 0.5) is 34.1 Å². The molecule has 4 atom stereocenters. The number of ether oxygens (including phenoxy) is 1. The Hall–Kier alpha value is -8.38. The van der Waals surface area contributed by atoms with Crippen LogP contribution in [0.2, 0.25) is 0 Å². The number of anilines is 6. The highest BCUT2D eigenvalue weighted by atomic mass is 32.2. The number of rotatable bonds is 15. The third-order valence-corrected chi connectivity index (χ3v) is 20.1. The lowest BCUT2D eigenvalue weighted by Crippen LogP contribution is -2.61. The molecule has 79 heavy (non-hydrogen) atoms. The molecule has 6 aromatic carbocycles. The average Bonchev–Trinajstić information content (AvgIpc) is 4.30. The summed E-state index contributed by atoms with van der Waals surface area (Å²) in [4.78, 5) is 105. The first-order valence-electron chi connectivity index (χ1n) is 25.6. The highest BCUT2D eigenvalue weighted by Gasteiger charge is 2.58. The van der Waals surface area contributed by atoms with Gasteiger partial charge in [0.05, 0.1) is 53.2 Å². The molecular weight excluding hydrogens is 1060 g/mol. The molecule has 4 aliphatic rings. The van der Waals surface area contributed by atoms with Crippen molar-refractivity contribution >= 4 is 77.4 Å². The monoisotopic (exact) mass is 1120 g/mol. The fourth-order valence-corrected chi connectivity index (χ4v) is 14.6. The summed E-state index contributed by atoms with van der Waals surface area (Å²) in [6.45, 7) is 3.56. The largest absolute Gasteiger partial charge is 0.505 e. The summed E-state index contributed by atoms with van der Waals surface area (Å²) in [5.41, 5.74) is -0.294. The number of carbonyl (C=O) groups excluding carboxylic acids is 4. The van der Waals surface area contributed by atoms with E-state index in [1.54, 1.807) is 12.1 Å². The van der Waals surface area contributed by atoms with E-state index in [0.29, 0.717) is 12.8 Å². The third kappa shape index (κ3) is 9.87. The van der Waals surface area contributed by atoms with Gasteiger partial charge in [0.1, 0.15) is 22.7 Å². The van der Waals surface area contributed by atoms with Crippen LogP contribution in [0.25, 0.3) is 0 Å². The number of hydrogen-bond acceptors (Lipinski definition) is 18. The van der Waals surface area contributed by atoms with Crippen LogP contribution in [0.5, 0.6) is 11.5 Å². The molecule has 4 saturated heterocycles. The number of benzene rings is 4. The molecule has 2 unspecified atom stereocenters. The molecule has 4 aliphatic heterocycles. The van der Waals surface area contributed by atoms with Crippen LogP contribution >= 0.6 is 0 Å². The van der Waals surface area contributed by atoms with E-state index in [2.05, 4.69) is 31.9 Å². The van der Waals surface area contributed by atoms with Gasteiger partial charge in [0.15, 0.2) is 40.7 Å². The number of nitrogens with one attached hydrogen (secondary N) is 6. The van der Waals surface area contributed by atoms with Gasteiger partial charge in [0.25, 0.3) is 33.5 Å². The Labute approximate surface area is 453 Å². The number of nitrogens with zero attached hydrogens (tertiary/aromatic N) is 2. The van der Waals surface area contributed by atoms with E-state index < -0.39 is 80.3 Å². The summed E-state index contributed by atoms with van der Waals surface area (Å²) in [7, 11) is -6.13. The summed E-state index contributed by atoms with van der Waals surface area (Å²) in [5.74, 6) is -3.41. The maximum atomic E-state index is 13.6. The van der Waals surface area contributed by atoms with Gasteiger partial charge in [0.2, 0.25) is 11.8 Å². The molecule has 4 fully saturated rings. The molecule has 0 saturated carbocycles. The summed E-state index contributed by atoms with van der Waals surface area (Å²) >= 11 is 0. The van der Waals surface area contributed by atoms with E-state index in [-0.39, 0.29) is 127 Å². The van der Waals surface area contributed by atoms with Crippen molar-refractivity contribution in [2.75, 3.05) is 79.2 Å². The Morgan fingerprint density at radius 2 is 0.987 bits per heavy atom. The fourth-order valence-electron chi connectivity index (χ4n) is 10.7. The molecule has 0 aliphatic carbocycles. The minimum atomic E-state index is -3.76. The SMILES string of the molecule is CC[C@@H](Nc1c(Nc2cccc(C(=O)N3CCS(=O)(=O)C4(CCNC4=O)C3)c2O)c(=O)c1=O)c1ccccc1.CC[C@@H](Nc1c(Nc2cccc(C(=O)N3CCS(=O)(=O)C4(CCNC4=O)C3)c2OC)c(=O)c1=O)c1ccccc1. The fraction of sp³-hybridized carbons (Fsp3) is 0.345. The van der Waals surface area contributed by atoms with Crippen molar-refractivity contribution in [1.82, 2.24) is 20.4 Å². The summed E-state index contributed by atoms with van der Waals surface area (Å²) in [6, 6.07) is 27.6. The lowest BCUT2D eigenvalue weighted by atomic mass is 10.0. The standard InChI is InChI=1S/C28H30N4O7S.C27H28N4O7S/c1-3-19(17-8-5-4-6-9-17)30-21-22(24(34)23(21)33)31-20-11-7-10-18(25(20)39-2)26(35)32-14-15-40(37,38)28(16-32)12-13-29-27(28)36;1-2-18(16-7-4-3-5-8-16)29-20-21(24(34)23(20)33)30-19-10-6-9-17(22(19)32)25(35)31-13-14-39(37,38)27(15-31)11-12-28-26(27)36/h4-11,19,30-31H,3,12-16H2,1-2H3,(H,29,36);3-10,18,29-30,32H,2,11-15H2,1H3,(H,28,36)/t19-,28?;18-,27?/m11/s1. The first-order valence-corrected chi connectivity index (χ1v) is 29.0. The van der Waals surface area contributed by atoms with Crippen molar-refractivity contribution in [3.63, 3.8) is 0 Å². The first-order chi connectivity index (χ1) is 37.7. The number of amides is 4. The van der Waals surface area contributed by atoms with E-state index in [0.717, 1.165) is 11.1 Å². The predicted molar refractivity (Wildman–Crippen MR) is 297 cm³/mol. The molecule has 4 heterocycles. The van der Waals surface area contributed by atoms with Crippen LogP contribution in [0.3, 0.4) is 0 Å². The van der Waals surface area contributed by atoms with Gasteiger partial charge in [-0.2, -0.15) is 0 Å². The lowest BCUT2D eigenvalue weighted by Gasteiger charge is -2.38. The molecule has 414 valence electrons. The van der Waals surface area contributed by atoms with Gasteiger partial charge < -0.3 is 51.5 Å². The quantitative estimate of drug-likeness (QED) is 0.0574. The Bertz CT molecular complexity index is 3770. The molecular formula is C55H58N8O14S2. The number of methoxy groups -OCH3 is 1. The van der Waals surface area contributed by atoms with Gasteiger partial charge in [-0.3, -0.25) is 38.4 Å². The maximum absolute atomic E-state index is 13.6. The van der Waals surface area contributed by atoms with Crippen LogP contribution in [-0.2, 0) is 29.3 Å². The highest BCUT2D eigenvalue weighted by molar-refractivity contribution is 7.94. The van der Waals surface area contributed by atoms with Crippen molar-refractivity contribution in [3.05, 3.63) is 160 Å². The second kappa shape index (κ2) is 21.8.